The van der Waals surface area contributed by atoms with Gasteiger partial charge in [-0.3, -0.25) is 0 Å². The molecule has 1 aromatic rings. The predicted molar refractivity (Wildman–Crippen MR) is 74.6 cm³/mol. The standard InChI is InChI=1S/C14H19FN2O3/c1-20-8-9-3-2-4-17(7-9)13-6-11(15)10(14(18)19)5-12(13)16/h5-6,9H,2-4,7-8,16H2,1H3,(H,18,19). The van der Waals surface area contributed by atoms with Crippen molar-refractivity contribution in [1.82, 2.24) is 0 Å². The topological polar surface area (TPSA) is 75.8 Å². The molecular weight excluding hydrogens is 263 g/mol. The van der Waals surface area contributed by atoms with Crippen molar-refractivity contribution in [1.29, 1.82) is 0 Å². The molecule has 1 saturated heterocycles. The SMILES string of the molecule is COCC1CCCN(c2cc(F)c(C(=O)O)cc2N)C1. The van der Waals surface area contributed by atoms with Crippen molar-refractivity contribution in [2.24, 2.45) is 5.92 Å². The smallest absolute Gasteiger partial charge is 0.338 e. The summed E-state index contributed by atoms with van der Waals surface area (Å²) in [7, 11) is 1.66. The third-order valence-electron chi connectivity index (χ3n) is 3.61. The van der Waals surface area contributed by atoms with Crippen LogP contribution in [0.2, 0.25) is 0 Å². The van der Waals surface area contributed by atoms with Crippen LogP contribution in [0, 0.1) is 11.7 Å². The Morgan fingerprint density at radius 3 is 3.00 bits per heavy atom. The van der Waals surface area contributed by atoms with Crippen molar-refractivity contribution in [2.45, 2.75) is 12.8 Å². The van der Waals surface area contributed by atoms with Crippen LogP contribution >= 0.6 is 0 Å². The second-order valence-electron chi connectivity index (χ2n) is 5.11. The van der Waals surface area contributed by atoms with Crippen molar-refractivity contribution in [3.63, 3.8) is 0 Å². The van der Waals surface area contributed by atoms with Crippen LogP contribution in [-0.4, -0.2) is 37.9 Å². The van der Waals surface area contributed by atoms with Crippen LogP contribution in [0.5, 0.6) is 0 Å². The summed E-state index contributed by atoms with van der Waals surface area (Å²) in [6.45, 7) is 2.19. The van der Waals surface area contributed by atoms with Gasteiger partial charge < -0.3 is 20.5 Å². The third-order valence-corrected chi connectivity index (χ3v) is 3.61. The summed E-state index contributed by atoms with van der Waals surface area (Å²) < 4.78 is 19.0. The summed E-state index contributed by atoms with van der Waals surface area (Å²) in [6, 6.07) is 2.40. The molecule has 0 radical (unpaired) electrons. The zero-order valence-electron chi connectivity index (χ0n) is 11.4. The molecule has 0 aliphatic carbocycles. The number of nitrogens with zero attached hydrogens (tertiary/aromatic N) is 1. The Bertz CT molecular complexity index is 505. The first-order valence-electron chi connectivity index (χ1n) is 6.59. The third kappa shape index (κ3) is 3.01. The summed E-state index contributed by atoms with van der Waals surface area (Å²) >= 11 is 0. The highest BCUT2D eigenvalue weighted by molar-refractivity contribution is 5.91. The highest BCUT2D eigenvalue weighted by Gasteiger charge is 2.23. The van der Waals surface area contributed by atoms with Crippen LogP contribution in [-0.2, 0) is 4.74 Å². The molecule has 0 spiro atoms. The van der Waals surface area contributed by atoms with E-state index in [1.807, 2.05) is 4.90 Å². The van der Waals surface area contributed by atoms with Gasteiger partial charge in [-0.2, -0.15) is 0 Å². The molecule has 0 amide bonds. The van der Waals surface area contributed by atoms with Gasteiger partial charge in [-0.1, -0.05) is 0 Å². The minimum Gasteiger partial charge on any atom is -0.478 e. The van der Waals surface area contributed by atoms with Crippen molar-refractivity contribution in [3.05, 3.63) is 23.5 Å². The van der Waals surface area contributed by atoms with Gasteiger partial charge >= 0.3 is 5.97 Å². The van der Waals surface area contributed by atoms with Gasteiger partial charge in [0.2, 0.25) is 0 Å². The van der Waals surface area contributed by atoms with E-state index >= 15 is 0 Å². The Morgan fingerprint density at radius 2 is 2.35 bits per heavy atom. The number of carbonyl (C=O) groups is 1. The lowest BCUT2D eigenvalue weighted by Crippen LogP contribution is -2.37. The van der Waals surface area contributed by atoms with Gasteiger partial charge in [-0.25, -0.2) is 9.18 Å². The number of carboxylic acid groups (broad SMARTS) is 1. The molecule has 20 heavy (non-hydrogen) atoms. The number of hydrogen-bond donors (Lipinski definition) is 2. The monoisotopic (exact) mass is 282 g/mol. The number of piperidine rings is 1. The molecule has 2 rings (SSSR count). The number of anilines is 2. The molecule has 1 fully saturated rings. The molecule has 5 nitrogen and oxygen atoms in total. The van der Waals surface area contributed by atoms with E-state index in [1.54, 1.807) is 7.11 Å². The zero-order chi connectivity index (χ0) is 14.7. The van der Waals surface area contributed by atoms with E-state index in [2.05, 4.69) is 0 Å². The van der Waals surface area contributed by atoms with E-state index in [0.717, 1.165) is 25.9 Å². The second-order valence-corrected chi connectivity index (χ2v) is 5.11. The van der Waals surface area contributed by atoms with Gasteiger partial charge in [0.15, 0.2) is 0 Å². The fourth-order valence-corrected chi connectivity index (χ4v) is 2.67. The number of carboxylic acids is 1. The number of nitrogen functional groups attached to an aromatic ring is 1. The summed E-state index contributed by atoms with van der Waals surface area (Å²) in [4.78, 5) is 12.9. The van der Waals surface area contributed by atoms with E-state index in [4.69, 9.17) is 15.6 Å². The first kappa shape index (κ1) is 14.6. The Morgan fingerprint density at radius 1 is 1.60 bits per heavy atom. The molecule has 110 valence electrons. The Kier molecular flexibility index (Phi) is 4.44. The van der Waals surface area contributed by atoms with E-state index in [1.165, 1.54) is 12.1 Å². The van der Waals surface area contributed by atoms with E-state index in [9.17, 15) is 9.18 Å². The Balaban J connectivity index is 2.24. The second kappa shape index (κ2) is 6.09. The molecule has 1 aliphatic heterocycles. The van der Waals surface area contributed by atoms with E-state index in [-0.39, 0.29) is 0 Å². The summed E-state index contributed by atoms with van der Waals surface area (Å²) in [5, 5.41) is 8.88. The molecule has 6 heteroatoms. The zero-order valence-corrected chi connectivity index (χ0v) is 11.4. The quantitative estimate of drug-likeness (QED) is 0.826. The molecular formula is C14H19FN2O3. The first-order valence-corrected chi connectivity index (χ1v) is 6.59. The maximum atomic E-state index is 13.8. The Labute approximate surface area is 117 Å². The maximum absolute atomic E-state index is 13.8. The number of hydrogen-bond acceptors (Lipinski definition) is 4. The van der Waals surface area contributed by atoms with Gasteiger partial charge in [0.05, 0.1) is 23.5 Å². The first-order chi connectivity index (χ1) is 9.52. The molecule has 1 atom stereocenters. The van der Waals surface area contributed by atoms with E-state index < -0.39 is 17.3 Å². The van der Waals surface area contributed by atoms with Crippen LogP contribution < -0.4 is 10.6 Å². The number of nitrogens with two attached hydrogens (primary N) is 1. The fraction of sp³-hybridized carbons (Fsp3) is 0.500. The molecule has 0 aromatic heterocycles. The lowest BCUT2D eigenvalue weighted by Gasteiger charge is -2.34. The fourth-order valence-electron chi connectivity index (χ4n) is 2.67. The van der Waals surface area contributed by atoms with Crippen molar-refractivity contribution in [2.75, 3.05) is 37.4 Å². The molecule has 1 aromatic carbocycles. The summed E-state index contributed by atoms with van der Waals surface area (Å²) in [5.41, 5.74) is 6.34. The Hall–Kier alpha value is -1.82. The number of halogens is 1. The van der Waals surface area contributed by atoms with Gasteiger partial charge in [0.1, 0.15) is 5.82 Å². The highest BCUT2D eigenvalue weighted by atomic mass is 19.1. The van der Waals surface area contributed by atoms with Crippen LogP contribution in [0.15, 0.2) is 12.1 Å². The van der Waals surface area contributed by atoms with Crippen LogP contribution in [0.3, 0.4) is 0 Å². The molecule has 1 unspecified atom stereocenters. The van der Waals surface area contributed by atoms with Crippen LogP contribution in [0.4, 0.5) is 15.8 Å². The van der Waals surface area contributed by atoms with Crippen LogP contribution in [0.25, 0.3) is 0 Å². The summed E-state index contributed by atoms with van der Waals surface area (Å²) in [5.74, 6) is -1.68. The molecule has 0 bridgehead atoms. The normalized spacial score (nSPS) is 19.1. The van der Waals surface area contributed by atoms with Crippen molar-refractivity contribution >= 4 is 17.3 Å². The van der Waals surface area contributed by atoms with E-state index in [0.29, 0.717) is 23.9 Å². The molecule has 1 aliphatic rings. The van der Waals surface area contributed by atoms with Gasteiger partial charge in [0, 0.05) is 26.3 Å². The van der Waals surface area contributed by atoms with Crippen molar-refractivity contribution < 1.29 is 19.0 Å². The maximum Gasteiger partial charge on any atom is 0.338 e. The minimum absolute atomic E-state index is 0.293. The molecule has 1 heterocycles. The van der Waals surface area contributed by atoms with Gasteiger partial charge in [-0.15, -0.1) is 0 Å². The number of benzene rings is 1. The molecule has 3 N–H and O–H groups in total. The van der Waals surface area contributed by atoms with Crippen LogP contribution in [0.1, 0.15) is 23.2 Å². The summed E-state index contributed by atoms with van der Waals surface area (Å²) in [6.07, 6.45) is 2.05. The number of ether oxygens (including phenoxy) is 1. The predicted octanol–water partition coefficient (Wildman–Crippen LogP) is 1.97. The minimum atomic E-state index is -1.31. The van der Waals surface area contributed by atoms with Crippen molar-refractivity contribution in [3.8, 4) is 0 Å². The lowest BCUT2D eigenvalue weighted by molar-refractivity contribution is 0.0692. The molecule has 0 saturated carbocycles. The largest absolute Gasteiger partial charge is 0.478 e. The highest BCUT2D eigenvalue weighted by Crippen LogP contribution is 2.30. The average molecular weight is 282 g/mol. The number of aromatic carboxylic acids is 1. The number of rotatable bonds is 4. The van der Waals surface area contributed by atoms with Gasteiger partial charge in [-0.05, 0) is 24.8 Å². The van der Waals surface area contributed by atoms with Gasteiger partial charge in [0.25, 0.3) is 0 Å². The average Bonchev–Trinajstić information content (AvgIpc) is 2.41. The number of methoxy groups -OCH3 is 1. The lowest BCUT2D eigenvalue weighted by atomic mass is 9.98.